The van der Waals surface area contributed by atoms with Crippen molar-refractivity contribution in [2.75, 3.05) is 9.62 Å². The minimum Gasteiger partial charge on any atom is -0.360 e. The third-order valence-electron chi connectivity index (χ3n) is 5.04. The van der Waals surface area contributed by atoms with Gasteiger partial charge in [0.05, 0.1) is 23.8 Å². The van der Waals surface area contributed by atoms with E-state index in [-0.39, 0.29) is 4.90 Å². The van der Waals surface area contributed by atoms with Crippen LogP contribution in [0.1, 0.15) is 12.5 Å². The lowest BCUT2D eigenvalue weighted by atomic mass is 10.1. The zero-order valence-electron chi connectivity index (χ0n) is 16.3. The minimum absolute atomic E-state index is 0.295. The number of hydrogen-bond acceptors (Lipinski definition) is 6. The van der Waals surface area contributed by atoms with Gasteiger partial charge < -0.3 is 10.3 Å². The maximum absolute atomic E-state index is 14.6. The van der Waals surface area contributed by atoms with Crippen LogP contribution < -0.4 is 9.62 Å². The molecule has 1 unspecified atom stereocenters. The summed E-state index contributed by atoms with van der Waals surface area (Å²) in [7, 11) is -4.19. The molecule has 0 amide bonds. The Morgan fingerprint density at radius 3 is 2.68 bits per heavy atom. The molecular weight excluding hydrogens is 419 g/mol. The number of nitrogens with zero attached hydrogens (tertiary/aromatic N) is 4. The van der Waals surface area contributed by atoms with E-state index in [2.05, 4.69) is 25.3 Å². The second-order valence-corrected chi connectivity index (χ2v) is 8.74. The second kappa shape index (κ2) is 7.17. The molecule has 10 heteroatoms. The van der Waals surface area contributed by atoms with Crippen LogP contribution in [-0.2, 0) is 10.0 Å². The van der Waals surface area contributed by atoms with E-state index in [1.807, 2.05) is 6.92 Å². The second-order valence-electron chi connectivity index (χ2n) is 7.02. The first-order valence-corrected chi connectivity index (χ1v) is 10.9. The van der Waals surface area contributed by atoms with E-state index in [4.69, 9.17) is 0 Å². The van der Waals surface area contributed by atoms with Crippen molar-refractivity contribution in [1.29, 1.82) is 0 Å². The van der Waals surface area contributed by atoms with Gasteiger partial charge in [0.1, 0.15) is 22.6 Å². The van der Waals surface area contributed by atoms with Gasteiger partial charge in [-0.25, -0.2) is 32.1 Å². The van der Waals surface area contributed by atoms with E-state index in [0.29, 0.717) is 33.9 Å². The third kappa shape index (κ3) is 3.12. The number of aromatic nitrogens is 4. The summed E-state index contributed by atoms with van der Waals surface area (Å²) in [5.74, 6) is -0.335. The topological polar surface area (TPSA) is 104 Å². The molecular formula is C21H17FN6O2S. The fourth-order valence-electron chi connectivity index (χ4n) is 3.66. The molecule has 31 heavy (non-hydrogen) atoms. The van der Waals surface area contributed by atoms with Crippen molar-refractivity contribution in [1.82, 2.24) is 19.9 Å². The fraction of sp³-hybridized carbons (Fsp3) is 0.0952. The van der Waals surface area contributed by atoms with Gasteiger partial charge in [0.2, 0.25) is 0 Å². The smallest absolute Gasteiger partial charge is 0.271 e. The highest BCUT2D eigenvalue weighted by molar-refractivity contribution is 7.93. The molecule has 1 aliphatic heterocycles. The molecule has 4 aromatic rings. The highest BCUT2D eigenvalue weighted by atomic mass is 32.2. The maximum atomic E-state index is 14.6. The van der Waals surface area contributed by atoms with Crippen LogP contribution in [0, 0.1) is 5.82 Å². The summed E-state index contributed by atoms with van der Waals surface area (Å²) in [6.07, 6.45) is 4.57. The number of H-pyrrole nitrogens is 1. The Hall–Kier alpha value is -3.79. The molecule has 0 saturated carbocycles. The van der Waals surface area contributed by atoms with Crippen LogP contribution in [-0.4, -0.2) is 34.4 Å². The van der Waals surface area contributed by atoms with Gasteiger partial charge in [-0.1, -0.05) is 30.3 Å². The number of halogens is 1. The number of hydrogen-bond donors (Lipinski definition) is 2. The predicted octanol–water partition coefficient (Wildman–Crippen LogP) is 3.54. The molecule has 0 fully saturated rings. The average Bonchev–Trinajstić information content (AvgIpc) is 3.23. The molecule has 2 aromatic carbocycles. The van der Waals surface area contributed by atoms with Gasteiger partial charge in [-0.05, 0) is 36.8 Å². The Morgan fingerprint density at radius 2 is 1.87 bits per heavy atom. The lowest BCUT2D eigenvalue weighted by Crippen LogP contribution is -2.40. The largest absolute Gasteiger partial charge is 0.360 e. The molecule has 156 valence electrons. The quantitative estimate of drug-likeness (QED) is 0.507. The summed E-state index contributed by atoms with van der Waals surface area (Å²) >= 11 is 0. The van der Waals surface area contributed by atoms with Crippen LogP contribution in [0.25, 0.3) is 17.2 Å². The fourth-order valence-corrected chi connectivity index (χ4v) is 5.47. The lowest BCUT2D eigenvalue weighted by Gasteiger charge is -2.34. The molecule has 0 saturated heterocycles. The number of benzene rings is 2. The van der Waals surface area contributed by atoms with Crippen LogP contribution in [0.2, 0.25) is 0 Å². The lowest BCUT2D eigenvalue weighted by molar-refractivity contribution is 0.563. The summed E-state index contributed by atoms with van der Waals surface area (Å²) in [5.41, 5.74) is 2.22. The SMILES string of the molecule is CC(Nc1ncnc2[nH]cnc12)C1=Cc2cccc(F)c2S(=O)(=O)N1c1ccccc1. The van der Waals surface area contributed by atoms with Crippen LogP contribution in [0.4, 0.5) is 15.9 Å². The first-order valence-electron chi connectivity index (χ1n) is 9.48. The number of fused-ring (bicyclic) bond motifs is 2. The Kier molecular flexibility index (Phi) is 4.44. The molecule has 8 nitrogen and oxygen atoms in total. The number of sulfonamides is 1. The summed E-state index contributed by atoms with van der Waals surface area (Å²) < 4.78 is 42.8. The number of para-hydroxylation sites is 1. The first kappa shape index (κ1) is 19.2. The Labute approximate surface area is 177 Å². The maximum Gasteiger partial charge on any atom is 0.271 e. The predicted molar refractivity (Wildman–Crippen MR) is 115 cm³/mol. The van der Waals surface area contributed by atoms with E-state index in [0.717, 1.165) is 6.07 Å². The molecule has 3 heterocycles. The summed E-state index contributed by atoms with van der Waals surface area (Å²) in [5, 5.41) is 3.22. The van der Waals surface area contributed by atoms with Crippen LogP contribution in [0.5, 0.6) is 0 Å². The van der Waals surface area contributed by atoms with Gasteiger partial charge in [-0.2, -0.15) is 0 Å². The van der Waals surface area contributed by atoms with E-state index >= 15 is 0 Å². The zero-order chi connectivity index (χ0) is 21.6. The average molecular weight is 436 g/mol. The monoisotopic (exact) mass is 436 g/mol. The van der Waals surface area contributed by atoms with Crippen molar-refractivity contribution >= 4 is 38.8 Å². The van der Waals surface area contributed by atoms with Crippen LogP contribution >= 0.6 is 0 Å². The zero-order valence-corrected chi connectivity index (χ0v) is 17.1. The summed E-state index contributed by atoms with van der Waals surface area (Å²) in [6, 6.07) is 12.3. The molecule has 0 aliphatic carbocycles. The normalized spacial score (nSPS) is 15.9. The van der Waals surface area contributed by atoms with Gasteiger partial charge >= 0.3 is 0 Å². The van der Waals surface area contributed by atoms with E-state index in [9.17, 15) is 12.8 Å². The molecule has 2 N–H and O–H groups in total. The van der Waals surface area contributed by atoms with Gasteiger partial charge in [0.15, 0.2) is 11.5 Å². The Morgan fingerprint density at radius 1 is 1.06 bits per heavy atom. The van der Waals surface area contributed by atoms with E-state index < -0.39 is 21.9 Å². The summed E-state index contributed by atoms with van der Waals surface area (Å²) in [6.45, 7) is 1.81. The number of imidazole rings is 1. The highest BCUT2D eigenvalue weighted by Crippen LogP contribution is 2.38. The van der Waals surface area contributed by atoms with Crippen molar-refractivity contribution < 1.29 is 12.8 Å². The molecule has 5 rings (SSSR count). The summed E-state index contributed by atoms with van der Waals surface area (Å²) in [4.78, 5) is 15.2. The van der Waals surface area contributed by atoms with Crippen molar-refractivity contribution in [3.05, 3.63) is 78.3 Å². The number of anilines is 2. The molecule has 0 spiro atoms. The van der Waals surface area contributed by atoms with Gasteiger partial charge in [0.25, 0.3) is 10.0 Å². The van der Waals surface area contributed by atoms with E-state index in [1.54, 1.807) is 42.5 Å². The minimum atomic E-state index is -4.19. The Bertz CT molecular complexity index is 1420. The number of rotatable bonds is 4. The molecule has 2 aromatic heterocycles. The van der Waals surface area contributed by atoms with Crippen LogP contribution in [0.3, 0.4) is 0 Å². The first-order chi connectivity index (χ1) is 15.0. The molecule has 1 aliphatic rings. The van der Waals surface area contributed by atoms with Gasteiger partial charge in [-0.3, -0.25) is 0 Å². The molecule has 0 bridgehead atoms. The van der Waals surface area contributed by atoms with Crippen molar-refractivity contribution in [2.24, 2.45) is 0 Å². The third-order valence-corrected chi connectivity index (χ3v) is 6.89. The number of nitrogens with one attached hydrogen (secondary N) is 2. The molecule has 0 radical (unpaired) electrons. The number of aromatic amines is 1. The van der Waals surface area contributed by atoms with Gasteiger partial charge in [-0.15, -0.1) is 0 Å². The van der Waals surface area contributed by atoms with Crippen molar-refractivity contribution in [2.45, 2.75) is 17.9 Å². The molecule has 1 atom stereocenters. The van der Waals surface area contributed by atoms with Crippen molar-refractivity contribution in [3.63, 3.8) is 0 Å². The van der Waals surface area contributed by atoms with Crippen LogP contribution in [0.15, 0.2) is 71.8 Å². The standard InChI is InChI=1S/C21H17FN6O2S/c1-13(27-21-18-20(24-11-23-18)25-12-26-21)17-10-14-6-5-9-16(22)19(14)31(29,30)28(17)15-7-3-2-4-8-15/h2-13H,1H3,(H2,23,24,25,26,27). The van der Waals surface area contributed by atoms with Gasteiger partial charge in [0, 0.05) is 0 Å². The Balaban J connectivity index is 1.66. The van der Waals surface area contributed by atoms with Crippen molar-refractivity contribution in [3.8, 4) is 0 Å². The van der Waals surface area contributed by atoms with E-state index in [1.165, 1.54) is 23.0 Å². The highest BCUT2D eigenvalue weighted by Gasteiger charge is 2.38.